The molecule has 0 bridgehead atoms. The Bertz CT molecular complexity index is 724. The predicted octanol–water partition coefficient (Wildman–Crippen LogP) is 1.99. The molecule has 0 aliphatic carbocycles. The van der Waals surface area contributed by atoms with Crippen LogP contribution in [0.1, 0.15) is 32.3 Å². The molecule has 2 aromatic rings. The van der Waals surface area contributed by atoms with Crippen LogP contribution >= 0.6 is 0 Å². The van der Waals surface area contributed by atoms with Gasteiger partial charge in [0.2, 0.25) is 5.91 Å². The number of para-hydroxylation sites is 1. The summed E-state index contributed by atoms with van der Waals surface area (Å²) in [6.07, 6.45) is 1.61. The maximum atomic E-state index is 12.1. The molecule has 0 aliphatic rings. The number of aromatic nitrogens is 1. The average molecular weight is 316 g/mol. The average Bonchev–Trinajstić information content (AvgIpc) is 2.57. The van der Waals surface area contributed by atoms with Crippen molar-refractivity contribution in [2.75, 3.05) is 13.2 Å². The molecule has 0 aliphatic heterocycles. The van der Waals surface area contributed by atoms with E-state index >= 15 is 0 Å². The van der Waals surface area contributed by atoms with Crippen LogP contribution in [0.3, 0.4) is 0 Å². The van der Waals surface area contributed by atoms with Crippen molar-refractivity contribution in [1.82, 2.24) is 10.3 Å². The molecule has 124 valence electrons. The number of carbonyl (C=O) groups is 1. The first-order valence-electron chi connectivity index (χ1n) is 8.02. The minimum absolute atomic E-state index is 0.0368. The lowest BCUT2D eigenvalue weighted by Gasteiger charge is -2.29. The predicted molar refractivity (Wildman–Crippen MR) is 91.4 cm³/mol. The van der Waals surface area contributed by atoms with Gasteiger partial charge in [-0.25, -0.2) is 0 Å². The molecular formula is C18H24N2O3. The van der Waals surface area contributed by atoms with Gasteiger partial charge in [-0.2, -0.15) is 0 Å². The molecule has 1 aromatic heterocycles. The lowest BCUT2D eigenvalue weighted by molar-refractivity contribution is -0.121. The highest BCUT2D eigenvalue weighted by Crippen LogP contribution is 2.24. The molecule has 1 aromatic carbocycles. The Morgan fingerprint density at radius 3 is 2.61 bits per heavy atom. The smallest absolute Gasteiger partial charge is 0.252 e. The van der Waals surface area contributed by atoms with E-state index in [2.05, 4.69) is 10.3 Å². The van der Waals surface area contributed by atoms with E-state index in [1.54, 1.807) is 6.07 Å². The summed E-state index contributed by atoms with van der Waals surface area (Å²) in [7, 11) is 0. The number of fused-ring (bicyclic) bond motifs is 1. The second-order valence-corrected chi connectivity index (χ2v) is 6.03. The molecule has 5 heteroatoms. The van der Waals surface area contributed by atoms with Crippen LogP contribution in [0.15, 0.2) is 35.1 Å². The number of pyridine rings is 1. The molecule has 0 unspecified atom stereocenters. The molecular weight excluding hydrogens is 292 g/mol. The Balaban J connectivity index is 2.08. The molecule has 0 spiro atoms. The van der Waals surface area contributed by atoms with Gasteiger partial charge in [0.25, 0.3) is 5.56 Å². The summed E-state index contributed by atoms with van der Waals surface area (Å²) >= 11 is 0. The molecule has 0 radical (unpaired) electrons. The molecule has 23 heavy (non-hydrogen) atoms. The monoisotopic (exact) mass is 316 g/mol. The molecule has 3 N–H and O–H groups in total. The van der Waals surface area contributed by atoms with Gasteiger partial charge in [0.1, 0.15) is 0 Å². The van der Waals surface area contributed by atoms with Crippen LogP contribution in [-0.2, 0) is 11.2 Å². The molecule has 2 rings (SSSR count). The molecule has 1 amide bonds. The van der Waals surface area contributed by atoms with Crippen molar-refractivity contribution in [3.8, 4) is 0 Å². The van der Waals surface area contributed by atoms with Crippen molar-refractivity contribution in [1.29, 1.82) is 0 Å². The number of hydrogen-bond donors (Lipinski definition) is 3. The van der Waals surface area contributed by atoms with E-state index in [1.807, 2.05) is 38.1 Å². The number of aliphatic hydroxyl groups excluding tert-OH is 1. The van der Waals surface area contributed by atoms with Crippen LogP contribution in [0, 0.1) is 5.41 Å². The SMILES string of the molecule is CCC(CC)(CO)CNC(=O)Cc1cc2ccccc2[nH]c1=O. The van der Waals surface area contributed by atoms with Crippen molar-refractivity contribution >= 4 is 16.8 Å². The lowest BCUT2D eigenvalue weighted by Crippen LogP contribution is -2.40. The van der Waals surface area contributed by atoms with E-state index < -0.39 is 0 Å². The number of nitrogens with one attached hydrogen (secondary N) is 2. The van der Waals surface area contributed by atoms with Gasteiger partial charge in [0.05, 0.1) is 13.0 Å². The number of aromatic amines is 1. The minimum atomic E-state index is -0.286. The third-order valence-electron chi connectivity index (χ3n) is 4.68. The Labute approximate surface area is 135 Å². The van der Waals surface area contributed by atoms with Gasteiger partial charge >= 0.3 is 0 Å². The highest BCUT2D eigenvalue weighted by Gasteiger charge is 2.25. The zero-order valence-corrected chi connectivity index (χ0v) is 13.7. The second-order valence-electron chi connectivity index (χ2n) is 6.03. The third kappa shape index (κ3) is 3.99. The summed E-state index contributed by atoms with van der Waals surface area (Å²) in [6.45, 7) is 4.46. The molecule has 0 saturated heterocycles. The number of benzene rings is 1. The van der Waals surface area contributed by atoms with E-state index in [9.17, 15) is 14.7 Å². The van der Waals surface area contributed by atoms with Crippen molar-refractivity contribution < 1.29 is 9.90 Å². The first-order chi connectivity index (χ1) is 11.0. The first kappa shape index (κ1) is 17.2. The van der Waals surface area contributed by atoms with Gasteiger partial charge in [0.15, 0.2) is 0 Å². The molecule has 0 fully saturated rings. The fraction of sp³-hybridized carbons (Fsp3) is 0.444. The van der Waals surface area contributed by atoms with E-state index in [-0.39, 0.29) is 29.9 Å². The van der Waals surface area contributed by atoms with E-state index in [4.69, 9.17) is 0 Å². The van der Waals surface area contributed by atoms with Gasteiger partial charge in [-0.05, 0) is 30.4 Å². The fourth-order valence-electron chi connectivity index (χ4n) is 2.62. The second kappa shape index (κ2) is 7.42. The van der Waals surface area contributed by atoms with Gasteiger partial charge in [-0.3, -0.25) is 9.59 Å². The standard InChI is InChI=1S/C18H24N2O3/c1-3-18(4-2,12-21)11-19-16(22)10-14-9-13-7-5-6-8-15(13)20-17(14)23/h5-9,21H,3-4,10-12H2,1-2H3,(H,19,22)(H,20,23). The Morgan fingerprint density at radius 1 is 1.26 bits per heavy atom. The van der Waals surface area contributed by atoms with E-state index in [0.717, 1.165) is 23.7 Å². The van der Waals surface area contributed by atoms with Crippen LogP contribution in [0.25, 0.3) is 10.9 Å². The van der Waals surface area contributed by atoms with Crippen LogP contribution in [0.4, 0.5) is 0 Å². The van der Waals surface area contributed by atoms with Crippen LogP contribution < -0.4 is 10.9 Å². The number of H-pyrrole nitrogens is 1. The summed E-state index contributed by atoms with van der Waals surface area (Å²) in [6, 6.07) is 9.24. The maximum Gasteiger partial charge on any atom is 0.252 e. The largest absolute Gasteiger partial charge is 0.396 e. The Morgan fingerprint density at radius 2 is 1.96 bits per heavy atom. The molecule has 5 nitrogen and oxygen atoms in total. The molecule has 0 atom stereocenters. The van der Waals surface area contributed by atoms with Crippen molar-refractivity contribution in [2.45, 2.75) is 33.1 Å². The Kier molecular flexibility index (Phi) is 5.55. The van der Waals surface area contributed by atoms with Gasteiger partial charge in [-0.1, -0.05) is 32.0 Å². The highest BCUT2D eigenvalue weighted by molar-refractivity contribution is 5.82. The van der Waals surface area contributed by atoms with Crippen LogP contribution in [0.5, 0.6) is 0 Å². The number of amides is 1. The Hall–Kier alpha value is -2.14. The number of carbonyl (C=O) groups excluding carboxylic acids is 1. The zero-order valence-electron chi connectivity index (χ0n) is 13.7. The highest BCUT2D eigenvalue weighted by atomic mass is 16.3. The van der Waals surface area contributed by atoms with Crippen molar-refractivity contribution in [3.63, 3.8) is 0 Å². The van der Waals surface area contributed by atoms with Gasteiger partial charge in [0, 0.05) is 23.0 Å². The zero-order chi connectivity index (χ0) is 16.9. The first-order valence-corrected chi connectivity index (χ1v) is 8.02. The summed E-state index contributed by atoms with van der Waals surface area (Å²) in [4.78, 5) is 27.0. The summed E-state index contributed by atoms with van der Waals surface area (Å²) < 4.78 is 0. The maximum absolute atomic E-state index is 12.1. The van der Waals surface area contributed by atoms with Crippen molar-refractivity contribution in [3.05, 3.63) is 46.2 Å². The van der Waals surface area contributed by atoms with Crippen LogP contribution in [-0.4, -0.2) is 29.1 Å². The third-order valence-corrected chi connectivity index (χ3v) is 4.68. The molecule has 0 saturated carbocycles. The quantitative estimate of drug-likeness (QED) is 0.730. The summed E-state index contributed by atoms with van der Waals surface area (Å²) in [5, 5.41) is 13.3. The van der Waals surface area contributed by atoms with Crippen LogP contribution in [0.2, 0.25) is 0 Å². The normalized spacial score (nSPS) is 11.6. The number of hydrogen-bond acceptors (Lipinski definition) is 3. The number of rotatable bonds is 7. The molecule has 1 heterocycles. The van der Waals surface area contributed by atoms with Gasteiger partial charge in [-0.15, -0.1) is 0 Å². The van der Waals surface area contributed by atoms with Crippen molar-refractivity contribution in [2.24, 2.45) is 5.41 Å². The van der Waals surface area contributed by atoms with E-state index in [0.29, 0.717) is 12.1 Å². The fourth-order valence-corrected chi connectivity index (χ4v) is 2.62. The van der Waals surface area contributed by atoms with Gasteiger partial charge < -0.3 is 15.4 Å². The van der Waals surface area contributed by atoms with E-state index in [1.165, 1.54) is 0 Å². The minimum Gasteiger partial charge on any atom is -0.396 e. The lowest BCUT2D eigenvalue weighted by atomic mass is 9.83. The summed E-state index contributed by atoms with van der Waals surface area (Å²) in [5.41, 5.74) is 0.686. The topological polar surface area (TPSA) is 82.2 Å². The number of aliphatic hydroxyl groups is 1. The summed E-state index contributed by atoms with van der Waals surface area (Å²) in [5.74, 6) is -0.203.